The SMILES string of the molecule is COc1ccc(C(=O)NCCCCCC(=O)O)cc1O. The van der Waals surface area contributed by atoms with E-state index in [0.29, 0.717) is 24.3 Å². The van der Waals surface area contributed by atoms with Gasteiger partial charge in [0.05, 0.1) is 7.11 Å². The average molecular weight is 281 g/mol. The molecule has 1 amide bonds. The predicted octanol–water partition coefficient (Wildman–Crippen LogP) is 1.78. The van der Waals surface area contributed by atoms with Gasteiger partial charge in [-0.15, -0.1) is 0 Å². The van der Waals surface area contributed by atoms with Gasteiger partial charge in [-0.05, 0) is 31.0 Å². The number of phenolic OH excluding ortho intramolecular Hbond substituents is 1. The minimum atomic E-state index is -0.803. The summed E-state index contributed by atoms with van der Waals surface area (Å²) >= 11 is 0. The van der Waals surface area contributed by atoms with Crippen molar-refractivity contribution in [3.05, 3.63) is 23.8 Å². The summed E-state index contributed by atoms with van der Waals surface area (Å²) in [6.07, 6.45) is 2.23. The van der Waals surface area contributed by atoms with Crippen LogP contribution in [-0.4, -0.2) is 35.7 Å². The monoisotopic (exact) mass is 281 g/mol. The molecular weight excluding hydrogens is 262 g/mol. The number of rotatable bonds is 8. The highest BCUT2D eigenvalue weighted by atomic mass is 16.5. The molecule has 1 aromatic rings. The highest BCUT2D eigenvalue weighted by molar-refractivity contribution is 5.94. The first-order chi connectivity index (χ1) is 9.54. The third kappa shape index (κ3) is 5.17. The van der Waals surface area contributed by atoms with Gasteiger partial charge in [-0.2, -0.15) is 0 Å². The number of unbranched alkanes of at least 4 members (excludes halogenated alkanes) is 2. The molecule has 0 aliphatic carbocycles. The van der Waals surface area contributed by atoms with Crippen LogP contribution in [0.15, 0.2) is 18.2 Å². The first-order valence-electron chi connectivity index (χ1n) is 6.41. The van der Waals surface area contributed by atoms with E-state index in [2.05, 4.69) is 5.32 Å². The second-order valence-corrected chi connectivity index (χ2v) is 4.35. The van der Waals surface area contributed by atoms with E-state index in [9.17, 15) is 14.7 Å². The molecular formula is C14H19NO5. The van der Waals surface area contributed by atoms with Gasteiger partial charge in [0.1, 0.15) is 0 Å². The normalized spacial score (nSPS) is 10.1. The van der Waals surface area contributed by atoms with E-state index >= 15 is 0 Å². The maximum absolute atomic E-state index is 11.8. The molecule has 6 heteroatoms. The van der Waals surface area contributed by atoms with Gasteiger partial charge in [0.25, 0.3) is 5.91 Å². The van der Waals surface area contributed by atoms with E-state index in [1.807, 2.05) is 0 Å². The molecule has 3 N–H and O–H groups in total. The quantitative estimate of drug-likeness (QED) is 0.631. The number of ether oxygens (including phenoxy) is 1. The summed E-state index contributed by atoms with van der Waals surface area (Å²) in [5.41, 5.74) is 0.355. The Morgan fingerprint density at radius 3 is 2.60 bits per heavy atom. The Kier molecular flexibility index (Phi) is 6.36. The first kappa shape index (κ1) is 15.8. The van der Waals surface area contributed by atoms with Gasteiger partial charge in [0, 0.05) is 18.5 Å². The van der Waals surface area contributed by atoms with E-state index in [-0.39, 0.29) is 18.1 Å². The van der Waals surface area contributed by atoms with Crippen molar-refractivity contribution in [3.8, 4) is 11.5 Å². The van der Waals surface area contributed by atoms with Crippen LogP contribution in [0.3, 0.4) is 0 Å². The lowest BCUT2D eigenvalue weighted by molar-refractivity contribution is -0.137. The number of carboxylic acid groups (broad SMARTS) is 1. The molecule has 0 heterocycles. The molecule has 0 saturated heterocycles. The fourth-order valence-corrected chi connectivity index (χ4v) is 1.71. The van der Waals surface area contributed by atoms with Gasteiger partial charge in [0.2, 0.25) is 0 Å². The largest absolute Gasteiger partial charge is 0.504 e. The summed E-state index contributed by atoms with van der Waals surface area (Å²) < 4.78 is 4.89. The van der Waals surface area contributed by atoms with Crippen molar-refractivity contribution in [2.45, 2.75) is 25.7 Å². The summed E-state index contributed by atoms with van der Waals surface area (Å²) in [5, 5.41) is 20.8. The first-order valence-corrected chi connectivity index (χ1v) is 6.41. The molecule has 0 aliphatic heterocycles. The van der Waals surface area contributed by atoms with Crippen LogP contribution in [0.2, 0.25) is 0 Å². The van der Waals surface area contributed by atoms with E-state index in [1.165, 1.54) is 19.2 Å². The molecule has 0 saturated carbocycles. The Morgan fingerprint density at radius 1 is 1.25 bits per heavy atom. The van der Waals surface area contributed by atoms with Crippen molar-refractivity contribution in [1.29, 1.82) is 0 Å². The van der Waals surface area contributed by atoms with E-state index in [4.69, 9.17) is 9.84 Å². The molecule has 0 bridgehead atoms. The van der Waals surface area contributed by atoms with Crippen molar-refractivity contribution in [1.82, 2.24) is 5.32 Å². The van der Waals surface area contributed by atoms with Crippen molar-refractivity contribution in [2.24, 2.45) is 0 Å². The molecule has 0 spiro atoms. The Bertz CT molecular complexity index is 473. The molecule has 0 atom stereocenters. The van der Waals surface area contributed by atoms with Crippen LogP contribution in [-0.2, 0) is 4.79 Å². The molecule has 0 aliphatic rings. The molecule has 0 aromatic heterocycles. The Balaban J connectivity index is 2.32. The number of carbonyl (C=O) groups excluding carboxylic acids is 1. The molecule has 20 heavy (non-hydrogen) atoms. The predicted molar refractivity (Wildman–Crippen MR) is 73.1 cm³/mol. The van der Waals surface area contributed by atoms with Gasteiger partial charge in [-0.3, -0.25) is 9.59 Å². The second kappa shape index (κ2) is 8.04. The summed E-state index contributed by atoms with van der Waals surface area (Å²) in [6, 6.07) is 4.44. The highest BCUT2D eigenvalue weighted by Crippen LogP contribution is 2.26. The average Bonchev–Trinajstić information content (AvgIpc) is 2.42. The number of carboxylic acids is 1. The zero-order valence-corrected chi connectivity index (χ0v) is 11.4. The molecule has 0 unspecified atom stereocenters. The van der Waals surface area contributed by atoms with Crippen molar-refractivity contribution in [2.75, 3.05) is 13.7 Å². The van der Waals surface area contributed by atoms with E-state index < -0.39 is 5.97 Å². The Morgan fingerprint density at radius 2 is 2.00 bits per heavy atom. The lowest BCUT2D eigenvalue weighted by atomic mass is 10.1. The molecule has 1 rings (SSSR count). The zero-order chi connectivity index (χ0) is 15.0. The number of phenols is 1. The number of benzene rings is 1. The van der Waals surface area contributed by atoms with Gasteiger partial charge in [-0.1, -0.05) is 6.42 Å². The number of aliphatic carboxylic acids is 1. The van der Waals surface area contributed by atoms with Crippen LogP contribution in [0, 0.1) is 0 Å². The summed E-state index contributed by atoms with van der Waals surface area (Å²) in [4.78, 5) is 22.1. The maximum Gasteiger partial charge on any atom is 0.303 e. The van der Waals surface area contributed by atoms with Gasteiger partial charge >= 0.3 is 5.97 Å². The highest BCUT2D eigenvalue weighted by Gasteiger charge is 2.08. The molecule has 0 fully saturated rings. The lowest BCUT2D eigenvalue weighted by Gasteiger charge is -2.07. The standard InChI is InChI=1S/C14H19NO5/c1-20-12-7-6-10(9-11(12)16)14(19)15-8-4-2-3-5-13(17)18/h6-7,9,16H,2-5,8H2,1H3,(H,15,19)(H,17,18). The molecule has 110 valence electrons. The van der Waals surface area contributed by atoms with Crippen molar-refractivity contribution >= 4 is 11.9 Å². The van der Waals surface area contributed by atoms with E-state index in [1.54, 1.807) is 6.07 Å². The lowest BCUT2D eigenvalue weighted by Crippen LogP contribution is -2.24. The maximum atomic E-state index is 11.8. The van der Waals surface area contributed by atoms with E-state index in [0.717, 1.165) is 12.8 Å². The summed E-state index contributed by atoms with van der Waals surface area (Å²) in [6.45, 7) is 0.477. The molecule has 1 aromatic carbocycles. The third-order valence-electron chi connectivity index (χ3n) is 2.79. The summed E-state index contributed by atoms with van der Waals surface area (Å²) in [5.74, 6) is -0.847. The number of hydrogen-bond donors (Lipinski definition) is 3. The number of methoxy groups -OCH3 is 1. The van der Waals surface area contributed by atoms with Crippen molar-refractivity contribution in [3.63, 3.8) is 0 Å². The van der Waals surface area contributed by atoms with Crippen LogP contribution >= 0.6 is 0 Å². The minimum Gasteiger partial charge on any atom is -0.504 e. The molecule has 6 nitrogen and oxygen atoms in total. The topological polar surface area (TPSA) is 95.9 Å². The van der Waals surface area contributed by atoms with Crippen molar-refractivity contribution < 1.29 is 24.5 Å². The summed E-state index contributed by atoms with van der Waals surface area (Å²) in [7, 11) is 1.44. The Labute approximate surface area is 117 Å². The van der Waals surface area contributed by atoms with Crippen LogP contribution in [0.25, 0.3) is 0 Å². The van der Waals surface area contributed by atoms with Crippen LogP contribution in [0.5, 0.6) is 11.5 Å². The number of nitrogens with one attached hydrogen (secondary N) is 1. The third-order valence-corrected chi connectivity index (χ3v) is 2.79. The van der Waals surface area contributed by atoms with Crippen LogP contribution in [0.1, 0.15) is 36.0 Å². The second-order valence-electron chi connectivity index (χ2n) is 4.35. The smallest absolute Gasteiger partial charge is 0.303 e. The van der Waals surface area contributed by atoms with Crippen LogP contribution < -0.4 is 10.1 Å². The zero-order valence-electron chi connectivity index (χ0n) is 11.4. The number of amides is 1. The number of aromatic hydroxyl groups is 1. The number of hydrogen-bond acceptors (Lipinski definition) is 4. The van der Waals surface area contributed by atoms with Gasteiger partial charge < -0.3 is 20.3 Å². The Hall–Kier alpha value is -2.24. The fraction of sp³-hybridized carbons (Fsp3) is 0.429. The van der Waals surface area contributed by atoms with Crippen LogP contribution in [0.4, 0.5) is 0 Å². The molecule has 0 radical (unpaired) electrons. The minimum absolute atomic E-state index is 0.0818. The number of carbonyl (C=O) groups is 2. The van der Waals surface area contributed by atoms with Gasteiger partial charge in [0.15, 0.2) is 11.5 Å². The van der Waals surface area contributed by atoms with Gasteiger partial charge in [-0.25, -0.2) is 0 Å². The fourth-order valence-electron chi connectivity index (χ4n) is 1.71.